The number of nitrogens with zero attached hydrogens (tertiary/aromatic N) is 2. The van der Waals surface area contributed by atoms with Gasteiger partial charge in [-0.3, -0.25) is 0 Å². The summed E-state index contributed by atoms with van der Waals surface area (Å²) in [6.45, 7) is 4.42. The molecule has 2 aromatic heterocycles. The first-order valence-corrected chi connectivity index (χ1v) is 20.3. The van der Waals surface area contributed by atoms with Crippen LogP contribution in [0.4, 0.5) is 17.1 Å². The van der Waals surface area contributed by atoms with E-state index in [1.165, 1.54) is 44.1 Å². The van der Waals surface area contributed by atoms with E-state index in [1.54, 1.807) is 0 Å². The van der Waals surface area contributed by atoms with Gasteiger partial charge >= 0.3 is 0 Å². The zero-order valence-electron chi connectivity index (χ0n) is 32.9. The van der Waals surface area contributed by atoms with Crippen molar-refractivity contribution in [3.63, 3.8) is 0 Å². The van der Waals surface area contributed by atoms with Crippen molar-refractivity contribution in [1.29, 1.82) is 0 Å². The van der Waals surface area contributed by atoms with Crippen LogP contribution in [0.3, 0.4) is 0 Å². The summed E-state index contributed by atoms with van der Waals surface area (Å²) in [5.74, 6) is 0. The van der Waals surface area contributed by atoms with Crippen molar-refractivity contribution in [1.82, 2.24) is 4.57 Å². The molecule has 0 spiro atoms. The number of furan rings is 1. The van der Waals surface area contributed by atoms with Crippen molar-refractivity contribution >= 4 is 60.8 Å². The summed E-state index contributed by atoms with van der Waals surface area (Å²) in [6, 6.07) is 74.2. The number of benzene rings is 9. The third-order valence-corrected chi connectivity index (χ3v) is 11.7. The highest BCUT2D eigenvalue weighted by Gasteiger charge is 2.27. The Balaban J connectivity index is 1.22. The Hall–Kier alpha value is -7.62. The lowest BCUT2D eigenvalue weighted by molar-refractivity contribution is 0.670. The molecule has 0 N–H and O–H groups in total. The topological polar surface area (TPSA) is 21.3 Å². The molecule has 0 amide bonds. The molecule has 9 aromatic carbocycles. The predicted molar refractivity (Wildman–Crippen MR) is 249 cm³/mol. The van der Waals surface area contributed by atoms with Gasteiger partial charge in [0, 0.05) is 38.5 Å². The molecule has 0 atom stereocenters. The fourth-order valence-corrected chi connectivity index (χ4v) is 9.15. The Morgan fingerprint density at radius 3 is 1.80 bits per heavy atom. The van der Waals surface area contributed by atoms with Gasteiger partial charge in [0.25, 0.3) is 0 Å². The third kappa shape index (κ3) is 5.74. The molecule has 59 heavy (non-hydrogen) atoms. The first kappa shape index (κ1) is 34.6. The molecule has 3 heteroatoms. The Bertz CT molecular complexity index is 3300. The van der Waals surface area contributed by atoms with Crippen molar-refractivity contribution in [2.45, 2.75) is 13.8 Å². The minimum atomic E-state index is 0.856. The van der Waals surface area contributed by atoms with E-state index in [0.29, 0.717) is 0 Å². The SMILES string of the molecule is Cc1cccc(N(c2c(C)cc(-c3ccccc3)cc2-c2ccccc2)c2ccc(-c3ccccc3-n3c4ccccc4c4ccccc43)c3oc4ccccc4c23)c1. The van der Waals surface area contributed by atoms with Gasteiger partial charge in [-0.15, -0.1) is 0 Å². The van der Waals surface area contributed by atoms with Gasteiger partial charge in [-0.25, -0.2) is 0 Å². The summed E-state index contributed by atoms with van der Waals surface area (Å²) in [5, 5.41) is 4.62. The molecule has 0 bridgehead atoms. The lowest BCUT2D eigenvalue weighted by atomic mass is 9.92. The van der Waals surface area contributed by atoms with Gasteiger partial charge in [-0.2, -0.15) is 0 Å². The first-order valence-electron chi connectivity index (χ1n) is 20.3. The van der Waals surface area contributed by atoms with E-state index in [4.69, 9.17) is 4.42 Å². The Kier molecular flexibility index (Phi) is 8.27. The molecule has 0 aliphatic carbocycles. The number of hydrogen-bond acceptors (Lipinski definition) is 2. The highest BCUT2D eigenvalue weighted by molar-refractivity contribution is 6.18. The normalized spacial score (nSPS) is 11.6. The van der Waals surface area contributed by atoms with E-state index in [-0.39, 0.29) is 0 Å². The first-order chi connectivity index (χ1) is 29.1. The van der Waals surface area contributed by atoms with Crippen molar-refractivity contribution in [3.8, 4) is 39.1 Å². The van der Waals surface area contributed by atoms with Gasteiger partial charge in [0.2, 0.25) is 0 Å². The van der Waals surface area contributed by atoms with Crippen LogP contribution in [0.5, 0.6) is 0 Å². The predicted octanol–water partition coefficient (Wildman–Crippen LogP) is 15.8. The second-order valence-electron chi connectivity index (χ2n) is 15.4. The van der Waals surface area contributed by atoms with Gasteiger partial charge in [0.05, 0.1) is 33.5 Å². The van der Waals surface area contributed by atoms with Crippen LogP contribution in [0.25, 0.3) is 82.8 Å². The highest BCUT2D eigenvalue weighted by Crippen LogP contribution is 2.51. The van der Waals surface area contributed by atoms with Crippen LogP contribution in [0.1, 0.15) is 11.1 Å². The number of fused-ring (bicyclic) bond motifs is 6. The molecule has 280 valence electrons. The number of rotatable bonds is 7. The van der Waals surface area contributed by atoms with Crippen molar-refractivity contribution in [2.75, 3.05) is 4.90 Å². The van der Waals surface area contributed by atoms with Gasteiger partial charge in [-0.1, -0.05) is 146 Å². The molecule has 0 fully saturated rings. The minimum absolute atomic E-state index is 0.856. The van der Waals surface area contributed by atoms with Gasteiger partial charge in [0.1, 0.15) is 11.2 Å². The zero-order valence-corrected chi connectivity index (χ0v) is 32.9. The maximum Gasteiger partial charge on any atom is 0.145 e. The number of hydrogen-bond donors (Lipinski definition) is 0. The lowest BCUT2D eigenvalue weighted by Crippen LogP contribution is -2.14. The van der Waals surface area contributed by atoms with Crippen LogP contribution in [0.15, 0.2) is 211 Å². The zero-order chi connectivity index (χ0) is 39.5. The molecule has 2 heterocycles. The van der Waals surface area contributed by atoms with E-state index < -0.39 is 0 Å². The van der Waals surface area contributed by atoms with Crippen molar-refractivity contribution < 1.29 is 4.42 Å². The lowest BCUT2D eigenvalue weighted by Gasteiger charge is -2.31. The largest absolute Gasteiger partial charge is 0.455 e. The van der Waals surface area contributed by atoms with E-state index in [1.807, 2.05) is 0 Å². The van der Waals surface area contributed by atoms with E-state index in [0.717, 1.165) is 66.9 Å². The van der Waals surface area contributed by atoms with Crippen LogP contribution >= 0.6 is 0 Å². The van der Waals surface area contributed by atoms with Crippen molar-refractivity contribution in [3.05, 3.63) is 217 Å². The van der Waals surface area contributed by atoms with E-state index in [2.05, 4.69) is 230 Å². The van der Waals surface area contributed by atoms with Crippen LogP contribution in [-0.4, -0.2) is 4.57 Å². The molecule has 11 aromatic rings. The maximum absolute atomic E-state index is 7.06. The molecule has 11 rings (SSSR count). The Morgan fingerprint density at radius 2 is 1.07 bits per heavy atom. The summed E-state index contributed by atoms with van der Waals surface area (Å²) in [7, 11) is 0. The molecule has 0 radical (unpaired) electrons. The number of anilines is 3. The Morgan fingerprint density at radius 1 is 0.441 bits per heavy atom. The average molecular weight is 757 g/mol. The molecule has 0 unspecified atom stereocenters. The Labute approximate surface area is 343 Å². The minimum Gasteiger partial charge on any atom is -0.455 e. The van der Waals surface area contributed by atoms with Gasteiger partial charge in [0.15, 0.2) is 0 Å². The molecule has 0 aliphatic heterocycles. The number of aromatic nitrogens is 1. The number of aryl methyl sites for hydroxylation is 2. The second kappa shape index (κ2) is 14.1. The van der Waals surface area contributed by atoms with Crippen LogP contribution in [-0.2, 0) is 0 Å². The third-order valence-electron chi connectivity index (χ3n) is 11.7. The molecule has 3 nitrogen and oxygen atoms in total. The molecule has 0 saturated carbocycles. The summed E-state index contributed by atoms with van der Waals surface area (Å²) >= 11 is 0. The fraction of sp³-hybridized carbons (Fsp3) is 0.0357. The fourth-order valence-electron chi connectivity index (χ4n) is 9.15. The number of para-hydroxylation sites is 4. The van der Waals surface area contributed by atoms with Crippen molar-refractivity contribution in [2.24, 2.45) is 0 Å². The summed E-state index contributed by atoms with van der Waals surface area (Å²) in [4.78, 5) is 2.46. The average Bonchev–Trinajstić information content (AvgIpc) is 3.84. The second-order valence-corrected chi connectivity index (χ2v) is 15.4. The standard InChI is InChI=1S/C56H40N2O/c1-37-18-17-23-42(34-37)57(55-38(2)35-41(39-19-5-3-6-20-39)36-48(55)40-21-7-4-8-22-40)52-33-32-46(56-54(52)47-27-12-16-31-53(47)59-56)45-26-11-15-30-51(45)58-49-28-13-9-24-43(49)44-25-10-14-29-50(44)58/h3-36H,1-2H3. The highest BCUT2D eigenvalue weighted by atomic mass is 16.3. The maximum atomic E-state index is 7.06. The summed E-state index contributed by atoms with van der Waals surface area (Å²) in [5.41, 5.74) is 17.6. The molecular formula is C56H40N2O. The van der Waals surface area contributed by atoms with Gasteiger partial charge in [-0.05, 0) is 102 Å². The monoisotopic (exact) mass is 756 g/mol. The van der Waals surface area contributed by atoms with Crippen LogP contribution in [0.2, 0.25) is 0 Å². The smallest absolute Gasteiger partial charge is 0.145 e. The quantitative estimate of drug-likeness (QED) is 0.161. The van der Waals surface area contributed by atoms with Crippen LogP contribution in [0, 0.1) is 13.8 Å². The summed E-state index contributed by atoms with van der Waals surface area (Å²) in [6.07, 6.45) is 0. The van der Waals surface area contributed by atoms with Gasteiger partial charge < -0.3 is 13.9 Å². The summed E-state index contributed by atoms with van der Waals surface area (Å²) < 4.78 is 9.47. The molecule has 0 aliphatic rings. The van der Waals surface area contributed by atoms with Crippen LogP contribution < -0.4 is 4.90 Å². The molecular weight excluding hydrogens is 717 g/mol. The van der Waals surface area contributed by atoms with E-state index >= 15 is 0 Å². The molecule has 0 saturated heterocycles. The van der Waals surface area contributed by atoms with E-state index in [9.17, 15) is 0 Å².